The van der Waals surface area contributed by atoms with Crippen molar-refractivity contribution >= 4 is 43.5 Å². The fraction of sp³-hybridized carbons (Fsp3) is 0.111. The van der Waals surface area contributed by atoms with Gasteiger partial charge in [-0.3, -0.25) is 4.79 Å². The first kappa shape index (κ1) is 15.7. The molecule has 0 unspecified atom stereocenters. The van der Waals surface area contributed by atoms with Gasteiger partial charge >= 0.3 is 0 Å². The highest BCUT2D eigenvalue weighted by Crippen LogP contribution is 2.28. The summed E-state index contributed by atoms with van der Waals surface area (Å²) in [7, 11) is 1.93. The van der Waals surface area contributed by atoms with Crippen LogP contribution in [0.25, 0.3) is 21.1 Å². The smallest absolute Gasteiger partial charge is 0.230 e. The maximum absolute atomic E-state index is 13.3. The number of para-hydroxylation sites is 1. The van der Waals surface area contributed by atoms with E-state index in [0.29, 0.717) is 15.3 Å². The number of nitrogens with zero attached hydrogens (tertiary/aromatic N) is 2. The Labute approximate surface area is 145 Å². The molecular weight excluding hydrogens is 344 g/mol. The van der Waals surface area contributed by atoms with Gasteiger partial charge in [0.05, 0.1) is 16.6 Å². The Morgan fingerprint density at radius 1 is 1.24 bits per heavy atom. The number of carbonyl (C=O) groups is 1. The largest absolute Gasteiger partial charge is 0.350 e. The molecule has 0 saturated heterocycles. The zero-order valence-electron chi connectivity index (χ0n) is 13.2. The second-order valence-electron chi connectivity index (χ2n) is 5.76. The molecule has 0 atom stereocenters. The Morgan fingerprint density at radius 3 is 2.84 bits per heavy atom. The van der Waals surface area contributed by atoms with Gasteiger partial charge in [0.2, 0.25) is 5.91 Å². The summed E-state index contributed by atoms with van der Waals surface area (Å²) < 4.78 is 29.0. The first-order valence-electron chi connectivity index (χ1n) is 7.59. The summed E-state index contributed by atoms with van der Waals surface area (Å²) in [5.41, 5.74) is 2.29. The van der Waals surface area contributed by atoms with Crippen molar-refractivity contribution in [3.05, 3.63) is 59.8 Å². The molecule has 0 saturated carbocycles. The summed E-state index contributed by atoms with van der Waals surface area (Å²) in [5.74, 6) is -2.10. The number of aromatic nitrogens is 2. The number of amides is 1. The molecule has 0 aliphatic carbocycles. The highest BCUT2D eigenvalue weighted by molar-refractivity contribution is 7.22. The number of halogens is 2. The predicted molar refractivity (Wildman–Crippen MR) is 94.8 cm³/mol. The van der Waals surface area contributed by atoms with Crippen molar-refractivity contribution < 1.29 is 13.6 Å². The van der Waals surface area contributed by atoms with Crippen LogP contribution >= 0.6 is 11.3 Å². The molecule has 2 aromatic carbocycles. The summed E-state index contributed by atoms with van der Waals surface area (Å²) in [5, 5.41) is 4.05. The second kappa shape index (κ2) is 5.93. The van der Waals surface area contributed by atoms with Crippen LogP contribution in [0.15, 0.2) is 42.6 Å². The predicted octanol–water partition coefficient (Wildman–Crippen LogP) is 4.25. The molecule has 0 bridgehead atoms. The van der Waals surface area contributed by atoms with Crippen molar-refractivity contribution in [1.82, 2.24) is 9.55 Å². The molecule has 4 nitrogen and oxygen atoms in total. The minimum atomic E-state index is -0.952. The van der Waals surface area contributed by atoms with Gasteiger partial charge in [-0.05, 0) is 17.7 Å². The average molecular weight is 357 g/mol. The van der Waals surface area contributed by atoms with E-state index in [0.717, 1.165) is 39.9 Å². The van der Waals surface area contributed by atoms with Crippen LogP contribution in [0.4, 0.5) is 13.9 Å². The van der Waals surface area contributed by atoms with Crippen molar-refractivity contribution in [2.75, 3.05) is 5.32 Å². The van der Waals surface area contributed by atoms with Gasteiger partial charge in [0.15, 0.2) is 16.8 Å². The van der Waals surface area contributed by atoms with E-state index in [-0.39, 0.29) is 12.3 Å². The minimum absolute atomic E-state index is 0.194. The number of rotatable bonds is 3. The number of fused-ring (bicyclic) bond motifs is 2. The van der Waals surface area contributed by atoms with Crippen LogP contribution in [0, 0.1) is 11.6 Å². The van der Waals surface area contributed by atoms with E-state index in [1.165, 1.54) is 0 Å². The van der Waals surface area contributed by atoms with Crippen LogP contribution in [0.1, 0.15) is 5.56 Å². The lowest BCUT2D eigenvalue weighted by Gasteiger charge is -2.00. The van der Waals surface area contributed by atoms with E-state index in [9.17, 15) is 13.6 Å². The number of aryl methyl sites for hydroxylation is 1. The molecule has 4 rings (SSSR count). The molecule has 0 aliphatic rings. The average Bonchev–Trinajstić information content (AvgIpc) is 3.09. The Hall–Kier alpha value is -2.80. The third-order valence-electron chi connectivity index (χ3n) is 4.01. The van der Waals surface area contributed by atoms with E-state index in [2.05, 4.69) is 10.3 Å². The molecule has 126 valence electrons. The van der Waals surface area contributed by atoms with Gasteiger partial charge in [-0.1, -0.05) is 29.5 Å². The van der Waals surface area contributed by atoms with E-state index >= 15 is 0 Å². The summed E-state index contributed by atoms with van der Waals surface area (Å²) >= 11 is 1.11. The Morgan fingerprint density at radius 2 is 2.00 bits per heavy atom. The van der Waals surface area contributed by atoms with Crippen LogP contribution in [-0.4, -0.2) is 15.5 Å². The monoisotopic (exact) mass is 357 g/mol. The first-order chi connectivity index (χ1) is 12.0. The van der Waals surface area contributed by atoms with Gasteiger partial charge in [0, 0.05) is 30.2 Å². The zero-order chi connectivity index (χ0) is 17.6. The van der Waals surface area contributed by atoms with Gasteiger partial charge < -0.3 is 9.88 Å². The number of benzene rings is 2. The zero-order valence-corrected chi connectivity index (χ0v) is 14.0. The summed E-state index contributed by atoms with van der Waals surface area (Å²) in [4.78, 5) is 16.5. The second-order valence-corrected chi connectivity index (χ2v) is 6.79. The fourth-order valence-electron chi connectivity index (χ4n) is 2.88. The van der Waals surface area contributed by atoms with Crippen molar-refractivity contribution in [2.24, 2.45) is 7.05 Å². The standard InChI is InChI=1S/C18H13F2N3OS/c1-23-9-10(11-4-2-3-5-15(11)23)6-17(24)22-18-21-14-7-12(19)13(20)8-16(14)25-18/h2-5,7-9H,6H2,1H3,(H,21,22,24). The van der Waals surface area contributed by atoms with Gasteiger partial charge in [-0.2, -0.15) is 0 Å². The van der Waals surface area contributed by atoms with Crippen LogP contribution in [0.5, 0.6) is 0 Å². The number of anilines is 1. The van der Waals surface area contributed by atoms with Crippen LogP contribution < -0.4 is 5.32 Å². The summed E-state index contributed by atoms with van der Waals surface area (Å²) in [6, 6.07) is 9.96. The third kappa shape index (κ3) is 2.87. The molecule has 4 aromatic rings. The number of nitrogens with one attached hydrogen (secondary N) is 1. The van der Waals surface area contributed by atoms with E-state index in [4.69, 9.17) is 0 Å². The number of hydrogen-bond acceptors (Lipinski definition) is 3. The SMILES string of the molecule is Cn1cc(CC(=O)Nc2nc3cc(F)c(F)cc3s2)c2ccccc21. The first-order valence-corrected chi connectivity index (χ1v) is 8.41. The number of hydrogen-bond donors (Lipinski definition) is 1. The summed E-state index contributed by atoms with van der Waals surface area (Å²) in [6.07, 6.45) is 2.12. The van der Waals surface area contributed by atoms with Crippen molar-refractivity contribution in [3.8, 4) is 0 Å². The third-order valence-corrected chi connectivity index (χ3v) is 4.94. The number of thiazole rings is 1. The number of carbonyl (C=O) groups excluding carboxylic acids is 1. The maximum Gasteiger partial charge on any atom is 0.230 e. The highest BCUT2D eigenvalue weighted by atomic mass is 32.1. The summed E-state index contributed by atoms with van der Waals surface area (Å²) in [6.45, 7) is 0. The Kier molecular flexibility index (Phi) is 3.73. The molecule has 0 spiro atoms. The van der Waals surface area contributed by atoms with E-state index in [1.54, 1.807) is 0 Å². The highest BCUT2D eigenvalue weighted by Gasteiger charge is 2.14. The van der Waals surface area contributed by atoms with Gasteiger partial charge in [-0.15, -0.1) is 0 Å². The molecular formula is C18H13F2N3OS. The molecule has 7 heteroatoms. The van der Waals surface area contributed by atoms with Gasteiger partial charge in [0.25, 0.3) is 0 Å². The Balaban J connectivity index is 1.57. The van der Waals surface area contributed by atoms with Crippen molar-refractivity contribution in [1.29, 1.82) is 0 Å². The molecule has 0 radical (unpaired) electrons. The lowest BCUT2D eigenvalue weighted by Crippen LogP contribution is -2.13. The molecule has 1 N–H and O–H groups in total. The maximum atomic E-state index is 13.3. The van der Waals surface area contributed by atoms with Crippen LogP contribution in [-0.2, 0) is 18.3 Å². The molecule has 2 heterocycles. The molecule has 0 fully saturated rings. The molecule has 0 aliphatic heterocycles. The Bertz CT molecular complexity index is 1080. The van der Waals surface area contributed by atoms with Crippen LogP contribution in [0.3, 0.4) is 0 Å². The molecule has 25 heavy (non-hydrogen) atoms. The minimum Gasteiger partial charge on any atom is -0.350 e. The molecule has 1 amide bonds. The van der Waals surface area contributed by atoms with Crippen molar-refractivity contribution in [2.45, 2.75) is 6.42 Å². The van der Waals surface area contributed by atoms with E-state index < -0.39 is 11.6 Å². The van der Waals surface area contributed by atoms with Crippen molar-refractivity contribution in [3.63, 3.8) is 0 Å². The lowest BCUT2D eigenvalue weighted by atomic mass is 10.1. The lowest BCUT2D eigenvalue weighted by molar-refractivity contribution is -0.115. The quantitative estimate of drug-likeness (QED) is 0.596. The fourth-order valence-corrected chi connectivity index (χ4v) is 3.77. The van der Waals surface area contributed by atoms with Crippen LogP contribution in [0.2, 0.25) is 0 Å². The topological polar surface area (TPSA) is 46.9 Å². The van der Waals surface area contributed by atoms with E-state index in [1.807, 2.05) is 42.1 Å². The van der Waals surface area contributed by atoms with Gasteiger partial charge in [-0.25, -0.2) is 13.8 Å². The van der Waals surface area contributed by atoms with Gasteiger partial charge in [0.1, 0.15) is 0 Å². The molecule has 2 aromatic heterocycles. The normalized spacial score (nSPS) is 11.3.